The van der Waals surface area contributed by atoms with Gasteiger partial charge in [0, 0.05) is 23.6 Å². The number of aryl methyl sites for hydroxylation is 3. The highest BCUT2D eigenvalue weighted by molar-refractivity contribution is 7.89. The lowest BCUT2D eigenvalue weighted by atomic mass is 9.98. The van der Waals surface area contributed by atoms with Crippen LogP contribution >= 0.6 is 0 Å². The van der Waals surface area contributed by atoms with Crippen molar-refractivity contribution in [3.05, 3.63) is 107 Å². The summed E-state index contributed by atoms with van der Waals surface area (Å²) in [5.41, 5.74) is 5.05. The molecule has 1 unspecified atom stereocenters. The Morgan fingerprint density at radius 2 is 1.52 bits per heavy atom. The van der Waals surface area contributed by atoms with Gasteiger partial charge in [-0.1, -0.05) is 60.2 Å². The van der Waals surface area contributed by atoms with E-state index in [1.807, 2.05) is 37.3 Å². The Bertz CT molecular complexity index is 1620. The number of carboxylic acids is 1. The van der Waals surface area contributed by atoms with E-state index in [0.717, 1.165) is 11.1 Å². The largest absolute Gasteiger partial charge is 0.480 e. The normalized spacial score (nSPS) is 12.0. The molecule has 4 aromatic rings. The maximum atomic E-state index is 13.3. The number of rotatable bonds is 9. The van der Waals surface area contributed by atoms with Crippen LogP contribution in [0.15, 0.2) is 90.1 Å². The van der Waals surface area contributed by atoms with Crippen LogP contribution in [0, 0.1) is 20.8 Å². The van der Waals surface area contributed by atoms with Gasteiger partial charge in [0.2, 0.25) is 10.0 Å². The van der Waals surface area contributed by atoms with E-state index >= 15 is 0 Å². The number of hydrogen-bond donors (Lipinski definition) is 4. The number of urea groups is 1. The highest BCUT2D eigenvalue weighted by Crippen LogP contribution is 2.30. The Kier molecular flexibility index (Phi) is 8.61. The van der Waals surface area contributed by atoms with Crippen molar-refractivity contribution in [2.24, 2.45) is 0 Å². The zero-order chi connectivity index (χ0) is 28.9. The summed E-state index contributed by atoms with van der Waals surface area (Å²) in [5.74, 6) is -1.32. The number of carboxylic acid groups (broad SMARTS) is 1. The Labute approximate surface area is 233 Å². The van der Waals surface area contributed by atoms with Gasteiger partial charge in [-0.15, -0.1) is 0 Å². The molecule has 4 N–H and O–H groups in total. The minimum atomic E-state index is -4.13. The summed E-state index contributed by atoms with van der Waals surface area (Å²) in [6.07, 6.45) is 2.96. The molecule has 0 aliphatic carbocycles. The minimum absolute atomic E-state index is 0.0684. The van der Waals surface area contributed by atoms with Crippen LogP contribution in [-0.4, -0.2) is 36.6 Å². The van der Waals surface area contributed by atoms with Crippen molar-refractivity contribution in [2.45, 2.75) is 38.1 Å². The number of carbonyl (C=O) groups excluding carboxylic acids is 1. The van der Waals surface area contributed by atoms with E-state index in [1.165, 1.54) is 0 Å². The van der Waals surface area contributed by atoms with Crippen molar-refractivity contribution in [2.75, 3.05) is 10.6 Å². The lowest BCUT2D eigenvalue weighted by Gasteiger charge is -2.19. The third kappa shape index (κ3) is 6.90. The molecule has 1 aromatic heterocycles. The molecular weight excluding hydrogens is 528 g/mol. The molecule has 3 aromatic carbocycles. The van der Waals surface area contributed by atoms with Gasteiger partial charge in [0.15, 0.2) is 0 Å². The summed E-state index contributed by atoms with van der Waals surface area (Å²) in [4.78, 5) is 29.0. The first-order valence-corrected chi connectivity index (χ1v) is 14.0. The van der Waals surface area contributed by atoms with Gasteiger partial charge in [-0.05, 0) is 67.6 Å². The molecule has 0 spiro atoms. The molecule has 1 heterocycles. The van der Waals surface area contributed by atoms with Gasteiger partial charge in [-0.25, -0.2) is 13.2 Å². The van der Waals surface area contributed by atoms with Crippen molar-refractivity contribution < 1.29 is 23.1 Å². The van der Waals surface area contributed by atoms with Gasteiger partial charge in [0.25, 0.3) is 0 Å². The van der Waals surface area contributed by atoms with Crippen molar-refractivity contribution >= 4 is 33.4 Å². The first kappa shape index (κ1) is 28.5. The van der Waals surface area contributed by atoms with Crippen LogP contribution in [0.25, 0.3) is 11.1 Å². The SMILES string of the molecule is Cc1cc(C)c(S(=O)(=O)NC(Cc2ccc(-c3ccccc3)c(NC(=O)Nc3ccncc3)c2)C(=O)O)c(C)c1. The molecule has 0 aliphatic heterocycles. The second-order valence-corrected chi connectivity index (χ2v) is 11.2. The summed E-state index contributed by atoms with van der Waals surface area (Å²) >= 11 is 0. The van der Waals surface area contributed by atoms with Crippen LogP contribution in [-0.2, 0) is 21.2 Å². The van der Waals surface area contributed by atoms with E-state index in [4.69, 9.17) is 0 Å². The number of aliphatic carboxylic acids is 1. The molecule has 0 radical (unpaired) electrons. The van der Waals surface area contributed by atoms with Crippen LogP contribution in [0.5, 0.6) is 0 Å². The maximum absolute atomic E-state index is 13.3. The molecule has 40 heavy (non-hydrogen) atoms. The van der Waals surface area contributed by atoms with Crippen molar-refractivity contribution in [1.29, 1.82) is 0 Å². The van der Waals surface area contributed by atoms with E-state index in [2.05, 4.69) is 20.3 Å². The van der Waals surface area contributed by atoms with E-state index in [9.17, 15) is 23.1 Å². The predicted molar refractivity (Wildman–Crippen MR) is 155 cm³/mol. The Hall–Kier alpha value is -4.54. The number of sulfonamides is 1. The van der Waals surface area contributed by atoms with Gasteiger partial charge in [-0.2, -0.15) is 4.72 Å². The van der Waals surface area contributed by atoms with Gasteiger partial charge in [0.05, 0.1) is 10.6 Å². The predicted octanol–water partition coefficient (Wildman–Crippen LogP) is 5.29. The maximum Gasteiger partial charge on any atom is 0.323 e. The average molecular weight is 559 g/mol. The van der Waals surface area contributed by atoms with Crippen LogP contribution in [0.1, 0.15) is 22.3 Å². The molecule has 0 saturated heterocycles. The molecule has 0 bridgehead atoms. The van der Waals surface area contributed by atoms with Gasteiger partial charge >= 0.3 is 12.0 Å². The molecule has 0 saturated carbocycles. The van der Waals surface area contributed by atoms with Crippen LogP contribution in [0.3, 0.4) is 0 Å². The number of anilines is 2. The number of hydrogen-bond acceptors (Lipinski definition) is 5. The molecule has 2 amide bonds. The fraction of sp³-hybridized carbons (Fsp3) is 0.167. The molecule has 1 atom stereocenters. The third-order valence-corrected chi connectivity index (χ3v) is 8.04. The monoisotopic (exact) mass is 558 g/mol. The lowest BCUT2D eigenvalue weighted by Crippen LogP contribution is -2.42. The van der Waals surface area contributed by atoms with Crippen molar-refractivity contribution in [3.63, 3.8) is 0 Å². The second kappa shape index (κ2) is 12.1. The fourth-order valence-corrected chi connectivity index (χ4v) is 6.31. The fourth-order valence-electron chi connectivity index (χ4n) is 4.66. The molecular formula is C30H30N4O5S. The van der Waals surface area contributed by atoms with Gasteiger partial charge in [0.1, 0.15) is 6.04 Å². The minimum Gasteiger partial charge on any atom is -0.480 e. The van der Waals surface area contributed by atoms with E-state index in [1.54, 1.807) is 68.7 Å². The highest BCUT2D eigenvalue weighted by atomic mass is 32.2. The van der Waals surface area contributed by atoms with E-state index in [0.29, 0.717) is 33.6 Å². The zero-order valence-electron chi connectivity index (χ0n) is 22.3. The smallest absolute Gasteiger partial charge is 0.323 e. The Morgan fingerprint density at radius 3 is 2.15 bits per heavy atom. The molecule has 10 heteroatoms. The molecule has 0 aliphatic rings. The molecule has 0 fully saturated rings. The average Bonchev–Trinajstić information content (AvgIpc) is 2.88. The standard InChI is InChI=1S/C30H30N4O5S/c1-19-15-20(2)28(21(3)16-19)40(38,39)34-27(29(35)36)18-22-9-10-25(23-7-5-4-6-8-23)26(17-22)33-30(37)32-24-11-13-31-14-12-24/h4-17,27,34H,18H2,1-3H3,(H,35,36)(H2,31,32,33,37). The van der Waals surface area contributed by atoms with E-state index < -0.39 is 28.1 Å². The summed E-state index contributed by atoms with van der Waals surface area (Å²) in [7, 11) is -4.13. The summed E-state index contributed by atoms with van der Waals surface area (Å²) in [6.45, 7) is 5.23. The first-order chi connectivity index (χ1) is 19.0. The number of carbonyl (C=O) groups is 2. The van der Waals surface area contributed by atoms with Crippen molar-refractivity contribution in [3.8, 4) is 11.1 Å². The van der Waals surface area contributed by atoms with Crippen molar-refractivity contribution in [1.82, 2.24) is 9.71 Å². The second-order valence-electron chi connectivity index (χ2n) is 9.51. The van der Waals surface area contributed by atoms with E-state index in [-0.39, 0.29) is 11.3 Å². The quantitative estimate of drug-likeness (QED) is 0.220. The summed E-state index contributed by atoms with van der Waals surface area (Å²) in [5, 5.41) is 15.5. The number of pyridine rings is 1. The van der Waals surface area contributed by atoms with Crippen LogP contribution < -0.4 is 15.4 Å². The summed E-state index contributed by atoms with van der Waals surface area (Å²) < 4.78 is 28.9. The number of nitrogens with one attached hydrogen (secondary N) is 3. The van der Waals surface area contributed by atoms with Crippen LogP contribution in [0.4, 0.5) is 16.2 Å². The van der Waals surface area contributed by atoms with Crippen LogP contribution in [0.2, 0.25) is 0 Å². The first-order valence-electron chi connectivity index (χ1n) is 12.5. The zero-order valence-corrected chi connectivity index (χ0v) is 23.1. The topological polar surface area (TPSA) is 137 Å². The highest BCUT2D eigenvalue weighted by Gasteiger charge is 2.28. The number of aromatic nitrogens is 1. The summed E-state index contributed by atoms with van der Waals surface area (Å²) in [6, 6.07) is 19.4. The number of nitrogens with zero attached hydrogens (tertiary/aromatic N) is 1. The lowest BCUT2D eigenvalue weighted by molar-refractivity contribution is -0.138. The molecule has 9 nitrogen and oxygen atoms in total. The van der Waals surface area contributed by atoms with Gasteiger partial charge < -0.3 is 15.7 Å². The number of benzene rings is 3. The Balaban J connectivity index is 1.63. The third-order valence-electron chi connectivity index (χ3n) is 6.26. The Morgan fingerprint density at radius 1 is 0.875 bits per heavy atom. The van der Waals surface area contributed by atoms with Gasteiger partial charge in [-0.3, -0.25) is 9.78 Å². The molecule has 206 valence electrons. The number of amides is 2. The molecule has 4 rings (SSSR count).